The van der Waals surface area contributed by atoms with E-state index < -0.39 is 0 Å². The Bertz CT molecular complexity index is 365. The van der Waals surface area contributed by atoms with Gasteiger partial charge in [0.15, 0.2) is 0 Å². The Hall–Kier alpha value is -1.64. The number of benzene rings is 1. The van der Waals surface area contributed by atoms with E-state index >= 15 is 0 Å². The lowest BCUT2D eigenvalue weighted by Gasteiger charge is -1.99. The van der Waals surface area contributed by atoms with Crippen molar-refractivity contribution in [1.29, 1.82) is 0 Å². The van der Waals surface area contributed by atoms with Crippen molar-refractivity contribution in [2.75, 3.05) is 5.73 Å². The third-order valence-corrected chi connectivity index (χ3v) is 2.08. The van der Waals surface area contributed by atoms with Crippen molar-refractivity contribution < 1.29 is 4.79 Å². The smallest absolute Gasteiger partial charge is 0.246 e. The Balaban J connectivity index is 2.31. The summed E-state index contributed by atoms with van der Waals surface area (Å²) in [6.07, 6.45) is 1.29. The van der Waals surface area contributed by atoms with Gasteiger partial charge in [-0.15, -0.1) is 0 Å². The molecule has 0 fully saturated rings. The predicted octanol–water partition coefficient (Wildman–Crippen LogP) is 1.38. The van der Waals surface area contributed by atoms with E-state index in [2.05, 4.69) is 4.99 Å². The molecule has 1 aliphatic heterocycles. The van der Waals surface area contributed by atoms with Crippen LogP contribution in [0.15, 0.2) is 29.3 Å². The van der Waals surface area contributed by atoms with Crippen LogP contribution in [0.5, 0.6) is 0 Å². The molecule has 2 rings (SSSR count). The van der Waals surface area contributed by atoms with Gasteiger partial charge in [-0.25, -0.2) is 4.99 Å². The standard InChI is InChI=1S/C10H10N2O/c11-8-3-1-7(2-4-8)9-5-6-10(13)12-9/h1-4H,5-6,11H2. The topological polar surface area (TPSA) is 55.4 Å². The molecular formula is C10H10N2O. The van der Waals surface area contributed by atoms with Gasteiger partial charge >= 0.3 is 0 Å². The minimum absolute atomic E-state index is 0.0215. The molecule has 0 bridgehead atoms. The van der Waals surface area contributed by atoms with Gasteiger partial charge in [0, 0.05) is 12.1 Å². The van der Waals surface area contributed by atoms with Gasteiger partial charge in [-0.1, -0.05) is 12.1 Å². The maximum atomic E-state index is 10.9. The van der Waals surface area contributed by atoms with Crippen molar-refractivity contribution in [2.24, 2.45) is 4.99 Å². The average molecular weight is 174 g/mol. The predicted molar refractivity (Wildman–Crippen MR) is 51.6 cm³/mol. The van der Waals surface area contributed by atoms with E-state index in [1.165, 1.54) is 0 Å². The molecule has 0 spiro atoms. The number of rotatable bonds is 1. The van der Waals surface area contributed by atoms with E-state index in [-0.39, 0.29) is 5.91 Å². The Labute approximate surface area is 76.3 Å². The fourth-order valence-corrected chi connectivity index (χ4v) is 1.37. The number of hydrogen-bond acceptors (Lipinski definition) is 2. The number of nitrogen functional groups attached to an aromatic ring is 1. The van der Waals surface area contributed by atoms with E-state index in [0.717, 1.165) is 23.4 Å². The van der Waals surface area contributed by atoms with Crippen molar-refractivity contribution in [3.8, 4) is 0 Å². The highest BCUT2D eigenvalue weighted by Crippen LogP contribution is 2.15. The molecule has 0 saturated heterocycles. The van der Waals surface area contributed by atoms with Crippen LogP contribution in [0.4, 0.5) is 5.69 Å². The largest absolute Gasteiger partial charge is 0.399 e. The lowest BCUT2D eigenvalue weighted by molar-refractivity contribution is -0.117. The maximum absolute atomic E-state index is 10.9. The number of anilines is 1. The monoisotopic (exact) mass is 174 g/mol. The summed E-state index contributed by atoms with van der Waals surface area (Å²) in [4.78, 5) is 14.8. The van der Waals surface area contributed by atoms with Crippen LogP contribution in [-0.4, -0.2) is 11.6 Å². The molecule has 0 aromatic heterocycles. The quantitative estimate of drug-likeness (QED) is 0.654. The zero-order chi connectivity index (χ0) is 9.26. The second kappa shape index (κ2) is 3.01. The molecule has 0 radical (unpaired) electrons. The summed E-state index contributed by atoms with van der Waals surface area (Å²) in [5, 5.41) is 0. The fraction of sp³-hybridized carbons (Fsp3) is 0.200. The normalized spacial score (nSPS) is 16.0. The number of nitrogens with two attached hydrogens (primary N) is 1. The number of carbonyl (C=O) groups excluding carboxylic acids is 1. The number of nitrogens with zero attached hydrogens (tertiary/aromatic N) is 1. The molecule has 1 aromatic rings. The zero-order valence-electron chi connectivity index (χ0n) is 7.16. The summed E-state index contributed by atoms with van der Waals surface area (Å²) in [7, 11) is 0. The molecule has 1 heterocycles. The van der Waals surface area contributed by atoms with Crippen LogP contribution in [0.2, 0.25) is 0 Å². The van der Waals surface area contributed by atoms with Crippen LogP contribution in [0.3, 0.4) is 0 Å². The lowest BCUT2D eigenvalue weighted by Crippen LogP contribution is -1.95. The number of amides is 1. The Morgan fingerprint density at radius 2 is 1.85 bits per heavy atom. The highest BCUT2D eigenvalue weighted by atomic mass is 16.1. The van der Waals surface area contributed by atoms with Crippen LogP contribution in [0.1, 0.15) is 18.4 Å². The Morgan fingerprint density at radius 3 is 2.38 bits per heavy atom. The van der Waals surface area contributed by atoms with Gasteiger partial charge in [-0.3, -0.25) is 4.79 Å². The molecule has 1 aliphatic rings. The molecule has 3 nitrogen and oxygen atoms in total. The van der Waals surface area contributed by atoms with Gasteiger partial charge in [-0.05, 0) is 24.1 Å². The molecular weight excluding hydrogens is 164 g/mol. The summed E-state index contributed by atoms with van der Waals surface area (Å²) < 4.78 is 0. The average Bonchev–Trinajstić information content (AvgIpc) is 2.53. The first-order valence-electron chi connectivity index (χ1n) is 4.22. The van der Waals surface area contributed by atoms with Gasteiger partial charge in [-0.2, -0.15) is 0 Å². The lowest BCUT2D eigenvalue weighted by atomic mass is 10.1. The van der Waals surface area contributed by atoms with Crippen molar-refractivity contribution in [3.63, 3.8) is 0 Å². The van der Waals surface area contributed by atoms with Gasteiger partial charge in [0.2, 0.25) is 5.91 Å². The first-order chi connectivity index (χ1) is 6.25. The van der Waals surface area contributed by atoms with Crippen LogP contribution < -0.4 is 5.73 Å². The van der Waals surface area contributed by atoms with Crippen molar-refractivity contribution in [1.82, 2.24) is 0 Å². The Morgan fingerprint density at radius 1 is 1.15 bits per heavy atom. The van der Waals surface area contributed by atoms with Gasteiger partial charge in [0.1, 0.15) is 0 Å². The molecule has 3 heteroatoms. The molecule has 1 aromatic carbocycles. The summed E-state index contributed by atoms with van der Waals surface area (Å²) in [6.45, 7) is 0. The van der Waals surface area contributed by atoms with Crippen LogP contribution in [0.25, 0.3) is 0 Å². The molecule has 0 atom stereocenters. The molecule has 1 amide bonds. The molecule has 0 unspecified atom stereocenters. The van der Waals surface area contributed by atoms with E-state index in [1.54, 1.807) is 0 Å². The number of carbonyl (C=O) groups is 1. The first-order valence-corrected chi connectivity index (χ1v) is 4.22. The van der Waals surface area contributed by atoms with E-state index in [9.17, 15) is 4.79 Å². The van der Waals surface area contributed by atoms with Gasteiger partial charge in [0.25, 0.3) is 0 Å². The van der Waals surface area contributed by atoms with Crippen molar-refractivity contribution >= 4 is 17.3 Å². The second-order valence-electron chi connectivity index (χ2n) is 3.07. The third-order valence-electron chi connectivity index (χ3n) is 2.08. The zero-order valence-corrected chi connectivity index (χ0v) is 7.16. The van der Waals surface area contributed by atoms with Crippen molar-refractivity contribution in [3.05, 3.63) is 29.8 Å². The third kappa shape index (κ3) is 1.59. The van der Waals surface area contributed by atoms with Gasteiger partial charge < -0.3 is 5.73 Å². The number of hydrogen-bond donors (Lipinski definition) is 1. The summed E-state index contributed by atoms with van der Waals surface area (Å²) >= 11 is 0. The van der Waals surface area contributed by atoms with Crippen LogP contribution in [0, 0.1) is 0 Å². The fourth-order valence-electron chi connectivity index (χ4n) is 1.37. The van der Waals surface area contributed by atoms with E-state index in [0.29, 0.717) is 6.42 Å². The molecule has 0 saturated carbocycles. The molecule has 66 valence electrons. The molecule has 0 aliphatic carbocycles. The molecule has 13 heavy (non-hydrogen) atoms. The minimum atomic E-state index is -0.0215. The van der Waals surface area contributed by atoms with Crippen LogP contribution >= 0.6 is 0 Å². The maximum Gasteiger partial charge on any atom is 0.246 e. The summed E-state index contributed by atoms with van der Waals surface area (Å²) in [5.74, 6) is -0.0215. The highest BCUT2D eigenvalue weighted by molar-refractivity contribution is 6.11. The van der Waals surface area contributed by atoms with Gasteiger partial charge in [0.05, 0.1) is 5.71 Å². The van der Waals surface area contributed by atoms with E-state index in [4.69, 9.17) is 5.73 Å². The van der Waals surface area contributed by atoms with Crippen LogP contribution in [-0.2, 0) is 4.79 Å². The molecule has 2 N–H and O–H groups in total. The van der Waals surface area contributed by atoms with Crippen molar-refractivity contribution in [2.45, 2.75) is 12.8 Å². The Kier molecular flexibility index (Phi) is 1.85. The minimum Gasteiger partial charge on any atom is -0.399 e. The highest BCUT2D eigenvalue weighted by Gasteiger charge is 2.14. The number of aliphatic imine (C=N–C) groups is 1. The summed E-state index contributed by atoms with van der Waals surface area (Å²) in [5.41, 5.74) is 8.16. The summed E-state index contributed by atoms with van der Waals surface area (Å²) in [6, 6.07) is 7.43. The first kappa shape index (κ1) is 7.98. The van der Waals surface area contributed by atoms with E-state index in [1.807, 2.05) is 24.3 Å². The SMILES string of the molecule is Nc1ccc(C2=NC(=O)CC2)cc1. The second-order valence-corrected chi connectivity index (χ2v) is 3.07.